The Balaban J connectivity index is 1.86. The molecule has 1 aliphatic rings. The minimum Gasteiger partial charge on any atom is -0.319 e. The summed E-state index contributed by atoms with van der Waals surface area (Å²) in [6, 6.07) is 4.95. The van der Waals surface area contributed by atoms with Gasteiger partial charge in [-0.15, -0.1) is 5.10 Å². The number of benzene rings is 1. The van der Waals surface area contributed by atoms with Gasteiger partial charge in [-0.2, -0.15) is 0 Å². The van der Waals surface area contributed by atoms with E-state index in [2.05, 4.69) is 20.8 Å². The van der Waals surface area contributed by atoms with Crippen molar-refractivity contribution in [3.63, 3.8) is 0 Å². The highest BCUT2D eigenvalue weighted by Gasteiger charge is 2.49. The monoisotopic (exact) mass is 332 g/mol. The van der Waals surface area contributed by atoms with Gasteiger partial charge in [0.1, 0.15) is 11.4 Å². The fourth-order valence-electron chi connectivity index (χ4n) is 2.68. The van der Waals surface area contributed by atoms with Crippen molar-refractivity contribution in [2.75, 3.05) is 0 Å². The van der Waals surface area contributed by atoms with Gasteiger partial charge in [-0.3, -0.25) is 9.69 Å². The van der Waals surface area contributed by atoms with Crippen molar-refractivity contribution in [3.05, 3.63) is 41.5 Å². The number of amides is 3. The summed E-state index contributed by atoms with van der Waals surface area (Å²) in [5.74, 6) is -0.399. The number of urea groups is 1. The number of hydrogen-bond acceptors (Lipinski definition) is 5. The number of aromatic nitrogens is 4. The third-order valence-corrected chi connectivity index (χ3v) is 4.04. The number of rotatable bonds is 5. The third-order valence-electron chi connectivity index (χ3n) is 4.04. The van der Waals surface area contributed by atoms with E-state index in [9.17, 15) is 14.0 Å². The number of halogens is 1. The number of carbonyl (C=O) groups is 2. The average Bonchev–Trinajstić information content (AvgIpc) is 3.07. The second-order valence-electron chi connectivity index (χ2n) is 5.77. The van der Waals surface area contributed by atoms with Crippen LogP contribution in [0.2, 0.25) is 0 Å². The lowest BCUT2D eigenvalue weighted by Crippen LogP contribution is -2.40. The van der Waals surface area contributed by atoms with E-state index < -0.39 is 23.3 Å². The van der Waals surface area contributed by atoms with Gasteiger partial charge in [-0.1, -0.05) is 19.1 Å². The zero-order valence-electron chi connectivity index (χ0n) is 13.4. The predicted molar refractivity (Wildman–Crippen MR) is 80.9 cm³/mol. The van der Waals surface area contributed by atoms with Crippen LogP contribution >= 0.6 is 0 Å². The Kier molecular flexibility index (Phi) is 4.00. The van der Waals surface area contributed by atoms with E-state index in [1.807, 2.05) is 6.92 Å². The smallest absolute Gasteiger partial charge is 0.319 e. The van der Waals surface area contributed by atoms with Crippen molar-refractivity contribution in [2.45, 2.75) is 38.9 Å². The van der Waals surface area contributed by atoms with E-state index in [1.165, 1.54) is 24.3 Å². The SMILES string of the molecule is CCCn1nnnc1CN1C(=O)N[C@@](C)(c2ccc(F)cc2)C1=O. The maximum absolute atomic E-state index is 13.1. The molecule has 3 amide bonds. The molecule has 1 atom stereocenters. The van der Waals surface area contributed by atoms with Gasteiger partial charge in [-0.25, -0.2) is 13.9 Å². The molecule has 9 heteroatoms. The number of hydrogen-bond donors (Lipinski definition) is 1. The van der Waals surface area contributed by atoms with Gasteiger partial charge >= 0.3 is 6.03 Å². The summed E-state index contributed by atoms with van der Waals surface area (Å²) in [5, 5.41) is 14.0. The molecule has 2 aromatic rings. The molecule has 0 aliphatic carbocycles. The summed E-state index contributed by atoms with van der Waals surface area (Å²) >= 11 is 0. The van der Waals surface area contributed by atoms with E-state index in [4.69, 9.17) is 0 Å². The number of aryl methyl sites for hydroxylation is 1. The Morgan fingerprint density at radius 3 is 2.62 bits per heavy atom. The first-order valence-corrected chi connectivity index (χ1v) is 7.61. The highest BCUT2D eigenvalue weighted by atomic mass is 19.1. The maximum Gasteiger partial charge on any atom is 0.325 e. The fourth-order valence-corrected chi connectivity index (χ4v) is 2.68. The van der Waals surface area contributed by atoms with Crippen LogP contribution in [0.25, 0.3) is 0 Å². The lowest BCUT2D eigenvalue weighted by atomic mass is 9.92. The van der Waals surface area contributed by atoms with Crippen molar-refractivity contribution in [3.8, 4) is 0 Å². The molecule has 1 aromatic carbocycles. The molecule has 126 valence electrons. The topological polar surface area (TPSA) is 93.0 Å². The van der Waals surface area contributed by atoms with Crippen molar-refractivity contribution < 1.29 is 14.0 Å². The standard InChI is InChI=1S/C15H17FN6O2/c1-3-8-22-12(18-19-20-22)9-21-13(23)15(2,17-14(21)24)10-4-6-11(16)7-5-10/h4-7H,3,8-9H2,1-2H3,(H,17,24)/t15-/m0/s1. The minimum absolute atomic E-state index is 0.0194. The summed E-state index contributed by atoms with van der Waals surface area (Å²) in [6.45, 7) is 4.15. The average molecular weight is 332 g/mol. The van der Waals surface area contributed by atoms with Gasteiger partial charge < -0.3 is 5.32 Å². The fraction of sp³-hybridized carbons (Fsp3) is 0.400. The zero-order valence-corrected chi connectivity index (χ0v) is 13.4. The molecule has 1 N–H and O–H groups in total. The van der Waals surface area contributed by atoms with Gasteiger partial charge in [0.25, 0.3) is 5.91 Å². The molecule has 1 aliphatic heterocycles. The number of carbonyl (C=O) groups excluding carboxylic acids is 2. The van der Waals surface area contributed by atoms with Gasteiger partial charge in [0, 0.05) is 6.54 Å². The van der Waals surface area contributed by atoms with E-state index in [0.717, 1.165) is 11.3 Å². The van der Waals surface area contributed by atoms with Crippen LogP contribution in [0.3, 0.4) is 0 Å². The van der Waals surface area contributed by atoms with E-state index >= 15 is 0 Å². The molecule has 0 spiro atoms. The zero-order chi connectivity index (χ0) is 17.3. The maximum atomic E-state index is 13.1. The van der Waals surface area contributed by atoms with Gasteiger partial charge in [0.2, 0.25) is 0 Å². The van der Waals surface area contributed by atoms with Crippen LogP contribution < -0.4 is 5.32 Å². The molecule has 3 rings (SSSR count). The van der Waals surface area contributed by atoms with E-state index in [-0.39, 0.29) is 6.54 Å². The highest BCUT2D eigenvalue weighted by Crippen LogP contribution is 2.29. The van der Waals surface area contributed by atoms with Crippen molar-refractivity contribution in [1.82, 2.24) is 30.4 Å². The Bertz CT molecular complexity index is 775. The summed E-state index contributed by atoms with van der Waals surface area (Å²) in [5.41, 5.74) is -0.730. The second-order valence-corrected chi connectivity index (χ2v) is 5.77. The molecule has 1 aromatic heterocycles. The molecule has 0 saturated carbocycles. The second kappa shape index (κ2) is 5.99. The van der Waals surface area contributed by atoms with Crippen LogP contribution in [0, 0.1) is 5.82 Å². The molecule has 0 radical (unpaired) electrons. The first-order chi connectivity index (χ1) is 11.5. The van der Waals surface area contributed by atoms with Crippen LogP contribution in [-0.2, 0) is 23.4 Å². The Hall–Kier alpha value is -2.84. The largest absolute Gasteiger partial charge is 0.325 e. The Labute approximate surface area is 137 Å². The van der Waals surface area contributed by atoms with E-state index in [0.29, 0.717) is 17.9 Å². The molecule has 2 heterocycles. The highest BCUT2D eigenvalue weighted by molar-refractivity contribution is 6.07. The molecule has 1 fully saturated rings. The van der Waals surface area contributed by atoms with Crippen LogP contribution in [0.1, 0.15) is 31.7 Å². The molecule has 24 heavy (non-hydrogen) atoms. The van der Waals surface area contributed by atoms with Crippen molar-refractivity contribution in [2.24, 2.45) is 0 Å². The Morgan fingerprint density at radius 1 is 1.25 bits per heavy atom. The van der Waals surface area contributed by atoms with Crippen molar-refractivity contribution in [1.29, 1.82) is 0 Å². The lowest BCUT2D eigenvalue weighted by molar-refractivity contribution is -0.131. The van der Waals surface area contributed by atoms with Crippen molar-refractivity contribution >= 4 is 11.9 Å². The summed E-state index contributed by atoms with van der Waals surface area (Å²) in [4.78, 5) is 26.1. The van der Waals surface area contributed by atoms with Gasteiger partial charge in [0.05, 0.1) is 6.54 Å². The molecular weight excluding hydrogens is 315 g/mol. The molecular formula is C15H17FN6O2. The van der Waals surface area contributed by atoms with Crippen LogP contribution in [-0.4, -0.2) is 37.0 Å². The van der Waals surface area contributed by atoms with Crippen LogP contribution in [0.5, 0.6) is 0 Å². The minimum atomic E-state index is -1.24. The number of nitrogens with zero attached hydrogens (tertiary/aromatic N) is 5. The van der Waals surface area contributed by atoms with Gasteiger partial charge in [-0.05, 0) is 41.5 Å². The summed E-state index contributed by atoms with van der Waals surface area (Å²) in [7, 11) is 0. The third kappa shape index (κ3) is 2.61. The van der Waals surface area contributed by atoms with Gasteiger partial charge in [0.15, 0.2) is 5.82 Å². The number of nitrogens with one attached hydrogen (secondary N) is 1. The number of tetrazole rings is 1. The van der Waals surface area contributed by atoms with E-state index in [1.54, 1.807) is 11.6 Å². The summed E-state index contributed by atoms with van der Waals surface area (Å²) in [6.07, 6.45) is 0.825. The predicted octanol–water partition coefficient (Wildman–Crippen LogP) is 1.19. The number of imide groups is 1. The first kappa shape index (κ1) is 16.0. The quantitative estimate of drug-likeness (QED) is 0.830. The molecule has 8 nitrogen and oxygen atoms in total. The molecule has 1 saturated heterocycles. The normalized spacial score (nSPS) is 20.5. The van der Waals surface area contributed by atoms with Crippen LogP contribution in [0.15, 0.2) is 24.3 Å². The van der Waals surface area contributed by atoms with Crippen LogP contribution in [0.4, 0.5) is 9.18 Å². The first-order valence-electron chi connectivity index (χ1n) is 7.61. The molecule has 0 unspecified atom stereocenters. The summed E-state index contributed by atoms with van der Waals surface area (Å²) < 4.78 is 14.7. The lowest BCUT2D eigenvalue weighted by Gasteiger charge is -2.22. The Morgan fingerprint density at radius 2 is 1.96 bits per heavy atom. The molecule has 0 bridgehead atoms.